The van der Waals surface area contributed by atoms with E-state index in [4.69, 9.17) is 0 Å². The molecule has 0 unspecified atom stereocenters. The van der Waals surface area contributed by atoms with Gasteiger partial charge in [0.2, 0.25) is 11.8 Å². The molecule has 4 nitrogen and oxygen atoms in total. The minimum absolute atomic E-state index is 0.0329. The molecule has 0 radical (unpaired) electrons. The molecule has 4 heteroatoms. The highest BCUT2D eigenvalue weighted by Crippen LogP contribution is 2.60. The van der Waals surface area contributed by atoms with Gasteiger partial charge in [-0.15, -0.1) is 6.58 Å². The Morgan fingerprint density at radius 3 is 2.19 bits per heavy atom. The van der Waals surface area contributed by atoms with Crippen LogP contribution in [0.4, 0.5) is 11.4 Å². The molecule has 0 atom stereocenters. The van der Waals surface area contributed by atoms with E-state index in [9.17, 15) is 9.59 Å². The SMILES string of the molecule is C=CCCC(=O)Nc1cccc(NC(=O)C23CC4CC(CC(C4)C2)C3)c1. The Kier molecular flexibility index (Phi) is 4.60. The lowest BCUT2D eigenvalue weighted by Crippen LogP contribution is -2.51. The standard InChI is InChI=1S/C22H28N2O2/c1-2-3-7-20(25)23-18-5-4-6-19(11-18)24-21(26)22-12-15-8-16(13-22)10-17(9-15)14-22/h2,4-6,11,15-17H,1,3,7-10,12-14H2,(H,23,25)(H,24,26). The van der Waals surface area contributed by atoms with Crippen LogP contribution in [0.2, 0.25) is 0 Å². The first-order chi connectivity index (χ1) is 12.6. The minimum atomic E-state index is -0.155. The maximum atomic E-state index is 13.1. The Bertz CT molecular complexity index is 689. The lowest BCUT2D eigenvalue weighted by molar-refractivity contribution is -0.140. The van der Waals surface area contributed by atoms with Gasteiger partial charge in [0.15, 0.2) is 0 Å². The minimum Gasteiger partial charge on any atom is -0.326 e. The summed E-state index contributed by atoms with van der Waals surface area (Å²) >= 11 is 0. The Balaban J connectivity index is 1.42. The predicted molar refractivity (Wildman–Crippen MR) is 104 cm³/mol. The van der Waals surface area contributed by atoms with Crippen molar-refractivity contribution < 1.29 is 9.59 Å². The van der Waals surface area contributed by atoms with Gasteiger partial charge in [0.1, 0.15) is 0 Å². The zero-order valence-electron chi connectivity index (χ0n) is 15.3. The maximum absolute atomic E-state index is 13.1. The molecule has 2 amide bonds. The Morgan fingerprint density at radius 1 is 1.04 bits per heavy atom. The van der Waals surface area contributed by atoms with Gasteiger partial charge in [0.05, 0.1) is 5.41 Å². The quantitative estimate of drug-likeness (QED) is 0.726. The predicted octanol–water partition coefficient (Wildman–Crippen LogP) is 4.75. The molecular weight excluding hydrogens is 324 g/mol. The van der Waals surface area contributed by atoms with Gasteiger partial charge in [-0.05, 0) is 80.9 Å². The van der Waals surface area contributed by atoms with Crippen LogP contribution in [-0.4, -0.2) is 11.8 Å². The van der Waals surface area contributed by atoms with Crippen LogP contribution < -0.4 is 10.6 Å². The van der Waals surface area contributed by atoms with Crippen molar-refractivity contribution >= 4 is 23.2 Å². The lowest BCUT2D eigenvalue weighted by Gasteiger charge is -2.55. The van der Waals surface area contributed by atoms with Crippen molar-refractivity contribution in [3.8, 4) is 0 Å². The molecule has 4 saturated carbocycles. The average Bonchev–Trinajstić information content (AvgIpc) is 2.59. The van der Waals surface area contributed by atoms with Crippen LogP contribution in [0.15, 0.2) is 36.9 Å². The van der Waals surface area contributed by atoms with E-state index in [2.05, 4.69) is 17.2 Å². The van der Waals surface area contributed by atoms with Crippen molar-refractivity contribution in [1.82, 2.24) is 0 Å². The summed E-state index contributed by atoms with van der Waals surface area (Å²) in [6.45, 7) is 3.64. The summed E-state index contributed by atoms with van der Waals surface area (Å²) in [6.07, 6.45) is 9.99. The Hall–Kier alpha value is -2.10. The van der Waals surface area contributed by atoms with Gasteiger partial charge in [-0.25, -0.2) is 0 Å². The smallest absolute Gasteiger partial charge is 0.230 e. The number of anilines is 2. The van der Waals surface area contributed by atoms with Crippen LogP contribution in [0.25, 0.3) is 0 Å². The number of carbonyl (C=O) groups excluding carboxylic acids is 2. The molecule has 0 spiro atoms. The van der Waals surface area contributed by atoms with Gasteiger partial charge in [0, 0.05) is 17.8 Å². The third-order valence-corrected chi connectivity index (χ3v) is 6.50. The van der Waals surface area contributed by atoms with Gasteiger partial charge in [-0.1, -0.05) is 12.1 Å². The van der Waals surface area contributed by atoms with E-state index in [1.165, 1.54) is 19.3 Å². The number of rotatable bonds is 6. The second-order valence-corrected chi connectivity index (χ2v) is 8.61. The summed E-state index contributed by atoms with van der Waals surface area (Å²) in [5, 5.41) is 6.04. The van der Waals surface area contributed by atoms with Crippen molar-refractivity contribution in [2.45, 2.75) is 51.4 Å². The largest absolute Gasteiger partial charge is 0.326 e. The first-order valence-electron chi connectivity index (χ1n) is 9.88. The number of amides is 2. The fraction of sp³-hybridized carbons (Fsp3) is 0.545. The van der Waals surface area contributed by atoms with Crippen molar-refractivity contribution in [2.75, 3.05) is 10.6 Å². The van der Waals surface area contributed by atoms with E-state index in [1.54, 1.807) is 6.08 Å². The monoisotopic (exact) mass is 352 g/mol. The van der Waals surface area contributed by atoms with E-state index in [0.29, 0.717) is 12.8 Å². The van der Waals surface area contributed by atoms with E-state index in [1.807, 2.05) is 24.3 Å². The molecule has 0 aliphatic heterocycles. The van der Waals surface area contributed by atoms with Crippen LogP contribution >= 0.6 is 0 Å². The van der Waals surface area contributed by atoms with Crippen molar-refractivity contribution in [2.24, 2.45) is 23.2 Å². The van der Waals surface area contributed by atoms with Crippen LogP contribution in [0, 0.1) is 23.2 Å². The van der Waals surface area contributed by atoms with E-state index >= 15 is 0 Å². The zero-order valence-corrected chi connectivity index (χ0v) is 15.3. The van der Waals surface area contributed by atoms with Crippen molar-refractivity contribution in [3.05, 3.63) is 36.9 Å². The number of carbonyl (C=O) groups is 2. The second-order valence-electron chi connectivity index (χ2n) is 8.61. The number of hydrogen-bond donors (Lipinski definition) is 2. The third-order valence-electron chi connectivity index (χ3n) is 6.50. The second kappa shape index (κ2) is 6.90. The van der Waals surface area contributed by atoms with Gasteiger partial charge in [0.25, 0.3) is 0 Å². The Morgan fingerprint density at radius 2 is 1.62 bits per heavy atom. The fourth-order valence-corrected chi connectivity index (χ4v) is 5.78. The van der Waals surface area contributed by atoms with E-state index < -0.39 is 0 Å². The molecule has 2 N–H and O–H groups in total. The average molecular weight is 352 g/mol. The molecule has 1 aromatic carbocycles. The normalized spacial score (nSPS) is 31.5. The molecule has 4 aliphatic carbocycles. The summed E-state index contributed by atoms with van der Waals surface area (Å²) in [4.78, 5) is 25.0. The highest BCUT2D eigenvalue weighted by atomic mass is 16.2. The first-order valence-corrected chi connectivity index (χ1v) is 9.88. The molecule has 4 fully saturated rings. The molecule has 26 heavy (non-hydrogen) atoms. The van der Waals surface area contributed by atoms with Gasteiger partial charge in [-0.3, -0.25) is 9.59 Å². The molecule has 1 aromatic rings. The highest BCUT2D eigenvalue weighted by Gasteiger charge is 2.54. The summed E-state index contributed by atoms with van der Waals surface area (Å²) in [5.74, 6) is 2.41. The summed E-state index contributed by atoms with van der Waals surface area (Å²) in [5.41, 5.74) is 1.34. The molecular formula is C22H28N2O2. The maximum Gasteiger partial charge on any atom is 0.230 e. The molecule has 0 saturated heterocycles. The lowest BCUT2D eigenvalue weighted by atomic mass is 9.49. The molecule has 0 heterocycles. The number of hydrogen-bond acceptors (Lipinski definition) is 2. The third kappa shape index (κ3) is 3.42. The summed E-state index contributed by atoms with van der Waals surface area (Å²) < 4.78 is 0. The summed E-state index contributed by atoms with van der Waals surface area (Å²) in [7, 11) is 0. The molecule has 5 rings (SSSR count). The molecule has 0 aromatic heterocycles. The molecule has 138 valence electrons. The molecule has 4 aliphatic rings. The fourth-order valence-electron chi connectivity index (χ4n) is 5.78. The topological polar surface area (TPSA) is 58.2 Å². The molecule has 4 bridgehead atoms. The Labute approximate surface area is 155 Å². The van der Waals surface area contributed by atoms with Gasteiger partial charge >= 0.3 is 0 Å². The van der Waals surface area contributed by atoms with Crippen LogP contribution in [0.3, 0.4) is 0 Å². The van der Waals surface area contributed by atoms with Gasteiger partial charge in [-0.2, -0.15) is 0 Å². The number of nitrogens with one attached hydrogen (secondary N) is 2. The number of allylic oxidation sites excluding steroid dienone is 1. The van der Waals surface area contributed by atoms with E-state index in [-0.39, 0.29) is 17.2 Å². The van der Waals surface area contributed by atoms with Crippen LogP contribution in [-0.2, 0) is 9.59 Å². The first kappa shape index (κ1) is 17.3. The van der Waals surface area contributed by atoms with Gasteiger partial charge < -0.3 is 10.6 Å². The number of benzene rings is 1. The highest BCUT2D eigenvalue weighted by molar-refractivity contribution is 5.97. The summed E-state index contributed by atoms with van der Waals surface area (Å²) in [6, 6.07) is 7.48. The van der Waals surface area contributed by atoms with Crippen LogP contribution in [0.1, 0.15) is 51.4 Å². The van der Waals surface area contributed by atoms with E-state index in [0.717, 1.165) is 48.4 Å². The van der Waals surface area contributed by atoms with Crippen molar-refractivity contribution in [1.29, 1.82) is 0 Å². The zero-order chi connectivity index (χ0) is 18.1. The van der Waals surface area contributed by atoms with Crippen LogP contribution in [0.5, 0.6) is 0 Å². The van der Waals surface area contributed by atoms with Crippen molar-refractivity contribution in [3.63, 3.8) is 0 Å².